The molecule has 0 saturated carbocycles. The van der Waals surface area contributed by atoms with E-state index in [-0.39, 0.29) is 5.06 Å². The van der Waals surface area contributed by atoms with Crippen LogP contribution in [-0.4, -0.2) is 37.9 Å². The van der Waals surface area contributed by atoms with Crippen molar-refractivity contribution < 1.29 is 0 Å². The van der Waals surface area contributed by atoms with Crippen molar-refractivity contribution in [2.24, 2.45) is 0 Å². The minimum Gasteiger partial charge on any atom is -0.306 e. The van der Waals surface area contributed by atoms with Crippen LogP contribution in [-0.2, 0) is 0 Å². The second kappa shape index (κ2) is 2.60. The van der Waals surface area contributed by atoms with Gasteiger partial charge < -0.3 is 4.90 Å². The van der Waals surface area contributed by atoms with E-state index >= 15 is 0 Å². The Morgan fingerprint density at radius 2 is 1.89 bits per heavy atom. The fourth-order valence-corrected chi connectivity index (χ4v) is 1.29. The molecule has 0 aromatic heterocycles. The van der Waals surface area contributed by atoms with Gasteiger partial charge in [0.05, 0.1) is 7.85 Å². The molecule has 1 aliphatic rings. The van der Waals surface area contributed by atoms with Crippen LogP contribution in [0.4, 0.5) is 0 Å². The average Bonchev–Trinajstić information content (AvgIpc) is 1.78. The van der Waals surface area contributed by atoms with Gasteiger partial charge in [-0.1, -0.05) is 0 Å². The lowest BCUT2D eigenvalue weighted by Gasteiger charge is -2.34. The van der Waals surface area contributed by atoms with E-state index in [1.807, 2.05) is 0 Å². The van der Waals surface area contributed by atoms with E-state index in [9.17, 15) is 0 Å². The maximum atomic E-state index is 5.88. The average molecular weight is 141 g/mol. The molecule has 0 aliphatic carbocycles. The lowest BCUT2D eigenvalue weighted by atomic mass is 9.78. The van der Waals surface area contributed by atoms with Gasteiger partial charge in [-0.2, -0.15) is 0 Å². The zero-order valence-electron chi connectivity index (χ0n) is 5.93. The minimum absolute atomic E-state index is 0.0342. The number of likely N-dealkylation sites (tertiary alicyclic amines) is 1. The molecule has 1 unspecified atom stereocenters. The number of hydrogen-bond donors (Lipinski definition) is 0. The smallest absolute Gasteiger partial charge is 0.0804 e. The van der Waals surface area contributed by atoms with Crippen molar-refractivity contribution >= 4 is 17.1 Å². The quantitative estimate of drug-likeness (QED) is 0.349. The molecular formula is C6H13BNP. The molecule has 1 fully saturated rings. The van der Waals surface area contributed by atoms with E-state index in [0.717, 1.165) is 25.9 Å². The molecule has 0 aromatic rings. The van der Waals surface area contributed by atoms with Crippen molar-refractivity contribution in [3.05, 3.63) is 0 Å². The van der Waals surface area contributed by atoms with Crippen molar-refractivity contribution in [3.8, 4) is 0 Å². The van der Waals surface area contributed by atoms with Gasteiger partial charge in [0.2, 0.25) is 0 Å². The molecule has 0 spiro atoms. The first kappa shape index (κ1) is 7.56. The largest absolute Gasteiger partial charge is 0.306 e. The summed E-state index contributed by atoms with van der Waals surface area (Å²) in [5.41, 5.74) is 0. The first-order valence-electron chi connectivity index (χ1n) is 3.36. The first-order chi connectivity index (χ1) is 4.10. The molecule has 3 heteroatoms. The Kier molecular flexibility index (Phi) is 2.18. The Hall–Kier alpha value is 0.455. The highest BCUT2D eigenvalue weighted by molar-refractivity contribution is 7.22. The molecule has 0 bridgehead atoms. The lowest BCUT2D eigenvalue weighted by molar-refractivity contribution is 0.270. The summed E-state index contributed by atoms with van der Waals surface area (Å²) in [5, 5.41) is 0.0342. The highest BCUT2D eigenvalue weighted by Crippen LogP contribution is 2.26. The monoisotopic (exact) mass is 141 g/mol. The van der Waals surface area contributed by atoms with Gasteiger partial charge in [0.1, 0.15) is 0 Å². The molecule has 1 nitrogen and oxygen atoms in total. The Bertz CT molecular complexity index is 95.2. The molecule has 1 saturated heterocycles. The van der Waals surface area contributed by atoms with Gasteiger partial charge >= 0.3 is 0 Å². The molecule has 1 aliphatic heterocycles. The standard InChI is InChI=1S/C6H13BNP/c1-8-4-2-6(7,9)3-5-8/h2-5,9H2,1H3. The van der Waals surface area contributed by atoms with Crippen molar-refractivity contribution in [2.45, 2.75) is 17.9 Å². The molecule has 50 valence electrons. The zero-order chi connectivity index (χ0) is 6.91. The SMILES string of the molecule is [B]C1(P)CCN(C)CC1. The van der Waals surface area contributed by atoms with Crippen LogP contribution >= 0.6 is 9.24 Å². The molecule has 2 radical (unpaired) electrons. The van der Waals surface area contributed by atoms with Crippen LogP contribution in [0.25, 0.3) is 0 Å². The molecular weight excluding hydrogens is 128 g/mol. The molecule has 1 atom stereocenters. The Labute approximate surface area is 60.8 Å². The van der Waals surface area contributed by atoms with Crippen molar-refractivity contribution in [1.82, 2.24) is 4.90 Å². The van der Waals surface area contributed by atoms with Crippen molar-refractivity contribution in [3.63, 3.8) is 0 Å². The summed E-state index contributed by atoms with van der Waals surface area (Å²) in [6.45, 7) is 2.28. The number of hydrogen-bond acceptors (Lipinski definition) is 1. The van der Waals surface area contributed by atoms with Crippen molar-refractivity contribution in [1.29, 1.82) is 0 Å². The maximum absolute atomic E-state index is 5.88. The van der Waals surface area contributed by atoms with E-state index in [1.165, 1.54) is 0 Å². The topological polar surface area (TPSA) is 3.24 Å². The summed E-state index contributed by atoms with van der Waals surface area (Å²) in [4.78, 5) is 2.31. The lowest BCUT2D eigenvalue weighted by Crippen LogP contribution is -2.38. The van der Waals surface area contributed by atoms with E-state index in [4.69, 9.17) is 7.85 Å². The summed E-state index contributed by atoms with van der Waals surface area (Å²) >= 11 is 0. The Morgan fingerprint density at radius 3 is 2.22 bits per heavy atom. The summed E-state index contributed by atoms with van der Waals surface area (Å²) in [6.07, 6.45) is 2.21. The Morgan fingerprint density at radius 1 is 1.44 bits per heavy atom. The predicted molar refractivity (Wildman–Crippen MR) is 44.9 cm³/mol. The summed E-state index contributed by atoms with van der Waals surface area (Å²) in [6, 6.07) is 0. The number of nitrogens with zero attached hydrogens (tertiary/aromatic N) is 1. The van der Waals surface area contributed by atoms with Gasteiger partial charge in [0.25, 0.3) is 0 Å². The third-order valence-corrected chi connectivity index (χ3v) is 2.50. The van der Waals surface area contributed by atoms with Crippen LogP contribution in [0.2, 0.25) is 0 Å². The third-order valence-electron chi connectivity index (χ3n) is 1.92. The number of piperidine rings is 1. The molecule has 0 N–H and O–H groups in total. The van der Waals surface area contributed by atoms with Gasteiger partial charge in [0, 0.05) is 0 Å². The van der Waals surface area contributed by atoms with E-state index < -0.39 is 0 Å². The van der Waals surface area contributed by atoms with Crippen LogP contribution in [0.5, 0.6) is 0 Å². The maximum Gasteiger partial charge on any atom is 0.0804 e. The first-order valence-corrected chi connectivity index (χ1v) is 3.94. The minimum atomic E-state index is 0.0342. The fourth-order valence-electron chi connectivity index (χ4n) is 1.03. The molecule has 9 heavy (non-hydrogen) atoms. The van der Waals surface area contributed by atoms with Gasteiger partial charge in [-0.3, -0.25) is 0 Å². The van der Waals surface area contributed by atoms with Crippen LogP contribution in [0.3, 0.4) is 0 Å². The van der Waals surface area contributed by atoms with Gasteiger partial charge in [-0.05, 0) is 38.0 Å². The van der Waals surface area contributed by atoms with Crippen LogP contribution < -0.4 is 0 Å². The fraction of sp³-hybridized carbons (Fsp3) is 1.00. The van der Waals surface area contributed by atoms with E-state index in [1.54, 1.807) is 0 Å². The molecule has 0 amide bonds. The highest BCUT2D eigenvalue weighted by atomic mass is 31.0. The molecule has 1 heterocycles. The summed E-state index contributed by atoms with van der Waals surface area (Å²) < 4.78 is 0. The Balaban J connectivity index is 2.35. The molecule has 0 aromatic carbocycles. The normalized spacial score (nSPS) is 28.2. The van der Waals surface area contributed by atoms with E-state index in [2.05, 4.69) is 21.2 Å². The second-order valence-corrected chi connectivity index (χ2v) is 4.19. The molecule has 1 rings (SSSR count). The summed E-state index contributed by atoms with van der Waals surface area (Å²) in [7, 11) is 10.7. The van der Waals surface area contributed by atoms with Crippen LogP contribution in [0, 0.1) is 0 Å². The number of rotatable bonds is 0. The second-order valence-electron chi connectivity index (χ2n) is 3.04. The summed E-state index contributed by atoms with van der Waals surface area (Å²) in [5.74, 6) is 0. The van der Waals surface area contributed by atoms with Crippen molar-refractivity contribution in [2.75, 3.05) is 20.1 Å². The third kappa shape index (κ3) is 2.27. The predicted octanol–water partition coefficient (Wildman–Crippen LogP) is 0.452. The van der Waals surface area contributed by atoms with E-state index in [0.29, 0.717) is 0 Å². The van der Waals surface area contributed by atoms with Gasteiger partial charge in [-0.15, -0.1) is 9.24 Å². The highest BCUT2D eigenvalue weighted by Gasteiger charge is 2.22. The van der Waals surface area contributed by atoms with Gasteiger partial charge in [-0.25, -0.2) is 0 Å². The van der Waals surface area contributed by atoms with Crippen LogP contribution in [0.1, 0.15) is 12.8 Å². The zero-order valence-corrected chi connectivity index (χ0v) is 7.09. The van der Waals surface area contributed by atoms with Crippen LogP contribution in [0.15, 0.2) is 0 Å². The van der Waals surface area contributed by atoms with Gasteiger partial charge in [0.15, 0.2) is 0 Å².